The van der Waals surface area contributed by atoms with Crippen LogP contribution in [0.5, 0.6) is 5.88 Å². The van der Waals surface area contributed by atoms with Gasteiger partial charge >= 0.3 is 0 Å². The van der Waals surface area contributed by atoms with Crippen molar-refractivity contribution in [1.29, 1.82) is 0 Å². The Kier molecular flexibility index (Phi) is 3.49. The summed E-state index contributed by atoms with van der Waals surface area (Å²) in [5, 5.41) is 3.56. The number of anilines is 1. The Bertz CT molecular complexity index is 366. The van der Waals surface area contributed by atoms with E-state index in [-0.39, 0.29) is 0 Å². The number of halogens is 1. The summed E-state index contributed by atoms with van der Waals surface area (Å²) >= 11 is 5.92. The van der Waals surface area contributed by atoms with Crippen LogP contribution in [0.15, 0.2) is 6.07 Å². The molecule has 88 valence electrons. The average Bonchev–Trinajstić information content (AvgIpc) is 2.15. The van der Waals surface area contributed by atoms with E-state index in [9.17, 15) is 0 Å². The highest BCUT2D eigenvalue weighted by Gasteiger charge is 2.27. The van der Waals surface area contributed by atoms with Gasteiger partial charge in [0.05, 0.1) is 6.61 Å². The van der Waals surface area contributed by atoms with E-state index < -0.39 is 0 Å². The largest absolute Gasteiger partial charge is 0.478 e. The fraction of sp³-hybridized carbons (Fsp3) is 0.636. The molecule has 0 atom stereocenters. The lowest BCUT2D eigenvalue weighted by Crippen LogP contribution is -2.36. The molecule has 0 unspecified atom stereocenters. The van der Waals surface area contributed by atoms with E-state index >= 15 is 0 Å². The third kappa shape index (κ3) is 2.76. The van der Waals surface area contributed by atoms with Crippen molar-refractivity contribution in [3.8, 4) is 5.88 Å². The van der Waals surface area contributed by atoms with E-state index in [0.717, 1.165) is 18.5 Å². The third-order valence-corrected chi connectivity index (χ3v) is 2.89. The van der Waals surface area contributed by atoms with Crippen LogP contribution in [0, 0.1) is 6.92 Å². The first-order chi connectivity index (χ1) is 7.67. The van der Waals surface area contributed by atoms with Crippen molar-refractivity contribution < 1.29 is 4.74 Å². The Balaban J connectivity index is 2.02. The maximum atomic E-state index is 5.92. The lowest BCUT2D eigenvalue weighted by atomic mass is 9.93. The summed E-state index contributed by atoms with van der Waals surface area (Å²) in [6, 6.07) is 2.23. The number of nitrogens with one attached hydrogen (secondary N) is 1. The Morgan fingerprint density at radius 2 is 2.25 bits per heavy atom. The highest BCUT2D eigenvalue weighted by atomic mass is 35.5. The lowest BCUT2D eigenvalue weighted by molar-refractivity contribution is 0.326. The Morgan fingerprint density at radius 1 is 1.50 bits per heavy atom. The quantitative estimate of drug-likeness (QED) is 0.823. The fourth-order valence-electron chi connectivity index (χ4n) is 1.67. The maximum Gasteiger partial charge on any atom is 0.226 e. The van der Waals surface area contributed by atoms with Gasteiger partial charge in [0.1, 0.15) is 0 Å². The number of nitrogens with zero attached hydrogens (tertiary/aromatic N) is 2. The van der Waals surface area contributed by atoms with E-state index in [4.69, 9.17) is 16.3 Å². The highest BCUT2D eigenvalue weighted by Crippen LogP contribution is 2.27. The van der Waals surface area contributed by atoms with Gasteiger partial charge in [0.25, 0.3) is 0 Å². The summed E-state index contributed by atoms with van der Waals surface area (Å²) < 4.78 is 5.36. The molecule has 1 aliphatic carbocycles. The topological polar surface area (TPSA) is 47.0 Å². The molecule has 16 heavy (non-hydrogen) atoms. The molecule has 1 fully saturated rings. The maximum absolute atomic E-state index is 5.92. The van der Waals surface area contributed by atoms with E-state index in [1.165, 1.54) is 0 Å². The van der Waals surface area contributed by atoms with Crippen molar-refractivity contribution in [1.82, 2.24) is 9.97 Å². The number of alkyl halides is 1. The molecule has 0 aromatic carbocycles. The summed E-state index contributed by atoms with van der Waals surface area (Å²) in [4.78, 5) is 8.60. The van der Waals surface area contributed by atoms with Crippen LogP contribution in [0.3, 0.4) is 0 Å². The van der Waals surface area contributed by atoms with Crippen molar-refractivity contribution in [2.75, 3.05) is 11.9 Å². The first-order valence-corrected chi connectivity index (χ1v) is 6.00. The molecule has 0 amide bonds. The van der Waals surface area contributed by atoms with Crippen LogP contribution in [0.2, 0.25) is 0 Å². The Morgan fingerprint density at radius 3 is 2.88 bits per heavy atom. The molecule has 1 saturated carbocycles. The molecule has 1 N–H and O–H groups in total. The predicted molar refractivity (Wildman–Crippen MR) is 64.2 cm³/mol. The number of aromatic nitrogens is 2. The van der Waals surface area contributed by atoms with Crippen molar-refractivity contribution in [2.45, 2.75) is 38.1 Å². The summed E-state index contributed by atoms with van der Waals surface area (Å²) in [6.07, 6.45) is 1.95. The van der Waals surface area contributed by atoms with Gasteiger partial charge in [0.15, 0.2) is 0 Å². The molecule has 2 rings (SSSR count). The first kappa shape index (κ1) is 11.5. The summed E-state index contributed by atoms with van der Waals surface area (Å²) in [5.41, 5.74) is 0.905. The molecule has 0 aliphatic heterocycles. The molecule has 0 saturated heterocycles. The smallest absolute Gasteiger partial charge is 0.226 e. The number of ether oxygens (including phenoxy) is 1. The van der Waals surface area contributed by atoms with Crippen LogP contribution >= 0.6 is 11.6 Å². The molecule has 1 aromatic heterocycles. The summed E-state index contributed by atoms with van der Waals surface area (Å²) in [7, 11) is 0. The zero-order valence-electron chi connectivity index (χ0n) is 9.53. The van der Waals surface area contributed by atoms with Crippen molar-refractivity contribution in [3.63, 3.8) is 0 Å². The van der Waals surface area contributed by atoms with Gasteiger partial charge in [-0.3, -0.25) is 0 Å². The van der Waals surface area contributed by atoms with Gasteiger partial charge in [-0.25, -0.2) is 4.98 Å². The van der Waals surface area contributed by atoms with Gasteiger partial charge < -0.3 is 10.1 Å². The molecule has 0 bridgehead atoms. The van der Waals surface area contributed by atoms with Crippen molar-refractivity contribution >= 4 is 17.5 Å². The van der Waals surface area contributed by atoms with Crippen LogP contribution in [0.1, 0.15) is 25.5 Å². The lowest BCUT2D eigenvalue weighted by Gasteiger charge is -2.31. The van der Waals surface area contributed by atoms with Gasteiger partial charge in [0, 0.05) is 23.2 Å². The second kappa shape index (κ2) is 4.87. The van der Waals surface area contributed by atoms with Gasteiger partial charge in [-0.2, -0.15) is 4.98 Å². The van der Waals surface area contributed by atoms with Gasteiger partial charge in [-0.15, -0.1) is 11.6 Å². The van der Waals surface area contributed by atoms with Gasteiger partial charge in [-0.1, -0.05) is 0 Å². The SMILES string of the molecule is CCOc1cc(C)nc(NC2CC(Cl)C2)n1. The number of aryl methyl sites for hydroxylation is 1. The van der Waals surface area contributed by atoms with Crippen LogP contribution < -0.4 is 10.1 Å². The minimum atomic E-state index is 0.300. The Labute approximate surface area is 100 Å². The second-order valence-corrected chi connectivity index (χ2v) is 4.63. The highest BCUT2D eigenvalue weighted by molar-refractivity contribution is 6.21. The standard InChI is InChI=1S/C11H16ClN3O/c1-3-16-10-4-7(2)13-11(15-10)14-9-5-8(12)6-9/h4,8-9H,3,5-6H2,1-2H3,(H,13,14,15). The third-order valence-electron chi connectivity index (χ3n) is 2.54. The Hall–Kier alpha value is -1.03. The van der Waals surface area contributed by atoms with Crippen molar-refractivity contribution in [2.24, 2.45) is 0 Å². The van der Waals surface area contributed by atoms with E-state index in [2.05, 4.69) is 15.3 Å². The molecule has 1 aliphatic rings. The van der Waals surface area contributed by atoms with Gasteiger partial charge in [0.2, 0.25) is 11.8 Å². The number of hydrogen-bond acceptors (Lipinski definition) is 4. The number of rotatable bonds is 4. The molecule has 0 radical (unpaired) electrons. The van der Waals surface area contributed by atoms with Crippen molar-refractivity contribution in [3.05, 3.63) is 11.8 Å². The normalized spacial score (nSPS) is 23.7. The molecule has 1 aromatic rings. The van der Waals surface area contributed by atoms with Crippen LogP contribution in [-0.2, 0) is 0 Å². The minimum absolute atomic E-state index is 0.300. The van der Waals surface area contributed by atoms with Gasteiger partial charge in [-0.05, 0) is 26.7 Å². The zero-order valence-corrected chi connectivity index (χ0v) is 10.3. The average molecular weight is 242 g/mol. The van der Waals surface area contributed by atoms with Crippen LogP contribution in [0.25, 0.3) is 0 Å². The summed E-state index contributed by atoms with van der Waals surface area (Å²) in [6.45, 7) is 4.48. The molecular formula is C11H16ClN3O. The van der Waals surface area contributed by atoms with E-state index in [1.807, 2.05) is 19.9 Å². The van der Waals surface area contributed by atoms with E-state index in [1.54, 1.807) is 0 Å². The summed E-state index contributed by atoms with van der Waals surface area (Å²) in [5.74, 6) is 1.26. The predicted octanol–water partition coefficient (Wildman–Crippen LogP) is 2.37. The van der Waals surface area contributed by atoms with Crippen LogP contribution in [-0.4, -0.2) is 28.0 Å². The first-order valence-electron chi connectivity index (χ1n) is 5.56. The zero-order chi connectivity index (χ0) is 11.5. The molecular weight excluding hydrogens is 226 g/mol. The second-order valence-electron chi connectivity index (χ2n) is 4.01. The van der Waals surface area contributed by atoms with E-state index in [0.29, 0.717) is 29.9 Å². The molecule has 0 spiro atoms. The molecule has 4 nitrogen and oxygen atoms in total. The minimum Gasteiger partial charge on any atom is -0.478 e. The number of hydrogen-bond donors (Lipinski definition) is 1. The molecule has 1 heterocycles. The molecule has 5 heteroatoms. The van der Waals surface area contributed by atoms with Crippen LogP contribution in [0.4, 0.5) is 5.95 Å². The fourth-order valence-corrected chi connectivity index (χ4v) is 2.11. The monoisotopic (exact) mass is 241 g/mol.